The van der Waals surface area contributed by atoms with Gasteiger partial charge >= 0.3 is 0 Å². The molecule has 0 saturated carbocycles. The topological polar surface area (TPSA) is 29.1 Å². The van der Waals surface area contributed by atoms with Gasteiger partial charge in [-0.25, -0.2) is 0 Å². The number of amides is 1. The van der Waals surface area contributed by atoms with Crippen LogP contribution in [-0.2, 0) is 4.79 Å². The van der Waals surface area contributed by atoms with E-state index in [-0.39, 0.29) is 11.9 Å². The molecule has 0 aromatic carbocycles. The maximum atomic E-state index is 11.5. The lowest BCUT2D eigenvalue weighted by Gasteiger charge is -2.16. The molecular weight excluding hydrogens is 206 g/mol. The largest absolute Gasteiger partial charge is 0.348 e. The number of hydrogen-bond acceptors (Lipinski definition) is 2. The van der Waals surface area contributed by atoms with Gasteiger partial charge in [-0.3, -0.25) is 4.79 Å². The first-order valence-corrected chi connectivity index (χ1v) is 6.48. The summed E-state index contributed by atoms with van der Waals surface area (Å²) in [4.78, 5) is 12.8. The van der Waals surface area contributed by atoms with Crippen molar-refractivity contribution >= 4 is 17.2 Å². The van der Waals surface area contributed by atoms with E-state index in [1.54, 1.807) is 11.3 Å². The zero-order chi connectivity index (χ0) is 11.1. The molecule has 0 radical (unpaired) electrons. The third kappa shape index (κ3) is 4.04. The molecule has 3 heteroatoms. The van der Waals surface area contributed by atoms with Crippen LogP contribution in [0.4, 0.5) is 0 Å². The van der Waals surface area contributed by atoms with Crippen molar-refractivity contribution in [3.05, 3.63) is 22.4 Å². The number of hydrogen-bond donors (Lipinski definition) is 1. The molecule has 1 aromatic rings. The van der Waals surface area contributed by atoms with Crippen molar-refractivity contribution in [1.29, 1.82) is 0 Å². The van der Waals surface area contributed by atoms with Crippen LogP contribution in [0, 0.1) is 0 Å². The van der Waals surface area contributed by atoms with Crippen molar-refractivity contribution in [2.24, 2.45) is 0 Å². The molecule has 84 valence electrons. The average Bonchev–Trinajstić information content (AvgIpc) is 2.70. The lowest BCUT2D eigenvalue weighted by molar-refractivity contribution is -0.121. The Kier molecular flexibility index (Phi) is 5.40. The molecule has 0 bridgehead atoms. The minimum absolute atomic E-state index is 0.171. The number of thiophene rings is 1. The monoisotopic (exact) mass is 225 g/mol. The highest BCUT2D eigenvalue weighted by Gasteiger charge is 2.13. The second-order valence-electron chi connectivity index (χ2n) is 3.67. The van der Waals surface area contributed by atoms with E-state index in [0.717, 1.165) is 19.3 Å². The Morgan fingerprint density at radius 3 is 2.80 bits per heavy atom. The summed E-state index contributed by atoms with van der Waals surface area (Å²) in [5, 5.41) is 5.15. The van der Waals surface area contributed by atoms with Gasteiger partial charge in [0.15, 0.2) is 0 Å². The third-order valence-corrected chi connectivity index (χ3v) is 3.26. The lowest BCUT2D eigenvalue weighted by Crippen LogP contribution is -2.27. The predicted octanol–water partition coefficient (Wildman–Crippen LogP) is 3.51. The van der Waals surface area contributed by atoms with E-state index >= 15 is 0 Å². The first-order chi connectivity index (χ1) is 7.27. The van der Waals surface area contributed by atoms with Gasteiger partial charge in [0.05, 0.1) is 6.04 Å². The molecule has 0 fully saturated rings. The number of carbonyl (C=O) groups is 1. The number of nitrogens with one attached hydrogen (secondary N) is 1. The van der Waals surface area contributed by atoms with Gasteiger partial charge < -0.3 is 5.32 Å². The van der Waals surface area contributed by atoms with Gasteiger partial charge in [0.1, 0.15) is 0 Å². The van der Waals surface area contributed by atoms with Crippen LogP contribution in [0.1, 0.15) is 50.4 Å². The summed E-state index contributed by atoms with van der Waals surface area (Å²) in [7, 11) is 0. The second-order valence-corrected chi connectivity index (χ2v) is 4.65. The molecule has 0 saturated heterocycles. The van der Waals surface area contributed by atoms with Crippen LogP contribution in [0.3, 0.4) is 0 Å². The first-order valence-electron chi connectivity index (χ1n) is 5.60. The smallest absolute Gasteiger partial charge is 0.220 e. The van der Waals surface area contributed by atoms with E-state index in [0.29, 0.717) is 6.42 Å². The van der Waals surface area contributed by atoms with Gasteiger partial charge in [-0.15, -0.1) is 11.3 Å². The van der Waals surface area contributed by atoms with Gasteiger partial charge in [0.25, 0.3) is 0 Å². The van der Waals surface area contributed by atoms with E-state index in [4.69, 9.17) is 0 Å². The minimum atomic E-state index is 0.171. The Labute approximate surface area is 95.7 Å². The molecule has 0 aliphatic carbocycles. The Balaban J connectivity index is 2.55. The second kappa shape index (κ2) is 6.62. The van der Waals surface area contributed by atoms with Gasteiger partial charge in [-0.2, -0.15) is 0 Å². The van der Waals surface area contributed by atoms with Crippen molar-refractivity contribution in [2.45, 2.75) is 45.6 Å². The fraction of sp³-hybridized carbons (Fsp3) is 0.583. The fourth-order valence-electron chi connectivity index (χ4n) is 1.56. The number of carbonyl (C=O) groups excluding carboxylic acids is 1. The molecule has 1 rings (SSSR count). The van der Waals surface area contributed by atoms with E-state index in [9.17, 15) is 4.79 Å². The molecule has 2 nitrogen and oxygen atoms in total. The van der Waals surface area contributed by atoms with E-state index in [1.807, 2.05) is 13.0 Å². The molecule has 15 heavy (non-hydrogen) atoms. The van der Waals surface area contributed by atoms with Gasteiger partial charge in [-0.05, 0) is 24.3 Å². The number of rotatable bonds is 6. The summed E-state index contributed by atoms with van der Waals surface area (Å²) in [6.45, 7) is 4.17. The lowest BCUT2D eigenvalue weighted by atomic mass is 10.1. The summed E-state index contributed by atoms with van der Waals surface area (Å²) in [5.41, 5.74) is 0. The summed E-state index contributed by atoms with van der Waals surface area (Å²) >= 11 is 1.72. The maximum absolute atomic E-state index is 11.5. The van der Waals surface area contributed by atoms with E-state index in [2.05, 4.69) is 23.7 Å². The molecule has 1 atom stereocenters. The predicted molar refractivity (Wildman–Crippen MR) is 65.0 cm³/mol. The van der Waals surface area contributed by atoms with Gasteiger partial charge in [0.2, 0.25) is 5.91 Å². The minimum Gasteiger partial charge on any atom is -0.348 e. The van der Waals surface area contributed by atoms with Crippen molar-refractivity contribution in [2.75, 3.05) is 0 Å². The van der Waals surface area contributed by atoms with Crippen LogP contribution in [0.25, 0.3) is 0 Å². The van der Waals surface area contributed by atoms with E-state index < -0.39 is 0 Å². The highest BCUT2D eigenvalue weighted by Crippen LogP contribution is 2.23. The van der Waals surface area contributed by atoms with Crippen LogP contribution in [-0.4, -0.2) is 5.91 Å². The van der Waals surface area contributed by atoms with Crippen LogP contribution in [0.2, 0.25) is 0 Å². The maximum Gasteiger partial charge on any atom is 0.220 e. The van der Waals surface area contributed by atoms with Crippen LogP contribution < -0.4 is 5.32 Å². The Morgan fingerprint density at radius 2 is 2.27 bits per heavy atom. The zero-order valence-corrected chi connectivity index (χ0v) is 10.3. The molecule has 1 N–H and O–H groups in total. The van der Waals surface area contributed by atoms with Crippen molar-refractivity contribution in [1.82, 2.24) is 5.32 Å². The quantitative estimate of drug-likeness (QED) is 0.788. The molecule has 0 aliphatic heterocycles. The zero-order valence-electron chi connectivity index (χ0n) is 9.45. The summed E-state index contributed by atoms with van der Waals surface area (Å²) < 4.78 is 0. The van der Waals surface area contributed by atoms with Crippen LogP contribution in [0.15, 0.2) is 17.5 Å². The van der Waals surface area contributed by atoms with Crippen molar-refractivity contribution in [3.63, 3.8) is 0 Å². The van der Waals surface area contributed by atoms with Crippen LogP contribution in [0.5, 0.6) is 0 Å². The fourth-order valence-corrected chi connectivity index (χ4v) is 2.37. The summed E-state index contributed by atoms with van der Waals surface area (Å²) in [5.74, 6) is 0.171. The highest BCUT2D eigenvalue weighted by atomic mass is 32.1. The van der Waals surface area contributed by atoms with E-state index in [1.165, 1.54) is 4.88 Å². The molecule has 1 amide bonds. The molecule has 0 aliphatic rings. The molecule has 1 heterocycles. The summed E-state index contributed by atoms with van der Waals surface area (Å²) in [6.07, 6.45) is 3.66. The van der Waals surface area contributed by atoms with Crippen molar-refractivity contribution < 1.29 is 4.79 Å². The standard InChI is InChI=1S/C12H19NOS/c1-3-6-10(11-8-5-9-15-11)13-12(14)7-4-2/h5,8-10H,3-4,6-7H2,1-2H3,(H,13,14). The Hall–Kier alpha value is -0.830. The van der Waals surface area contributed by atoms with Crippen molar-refractivity contribution in [3.8, 4) is 0 Å². The molecular formula is C12H19NOS. The first kappa shape index (κ1) is 12.2. The average molecular weight is 225 g/mol. The Bertz CT molecular complexity index is 282. The molecule has 1 aromatic heterocycles. The van der Waals surface area contributed by atoms with Gasteiger partial charge in [-0.1, -0.05) is 26.3 Å². The van der Waals surface area contributed by atoms with Gasteiger partial charge in [0, 0.05) is 11.3 Å². The highest BCUT2D eigenvalue weighted by molar-refractivity contribution is 7.10. The Morgan fingerprint density at radius 1 is 1.47 bits per heavy atom. The summed E-state index contributed by atoms with van der Waals surface area (Å²) in [6, 6.07) is 4.35. The van der Waals surface area contributed by atoms with Crippen LogP contribution >= 0.6 is 11.3 Å². The third-order valence-electron chi connectivity index (χ3n) is 2.28. The SMILES string of the molecule is CCCC(=O)NC(CCC)c1cccs1. The normalized spacial score (nSPS) is 12.4. The molecule has 1 unspecified atom stereocenters. The molecule has 0 spiro atoms.